The molecule has 0 unspecified atom stereocenters. The Labute approximate surface area is 333 Å². The molecule has 2 aliphatic heterocycles. The van der Waals surface area contributed by atoms with Gasteiger partial charge in [0.15, 0.2) is 17.1 Å². The average Bonchev–Trinajstić information content (AvgIpc) is 3.86. The van der Waals surface area contributed by atoms with Gasteiger partial charge >= 0.3 is 0 Å². The third-order valence-electron chi connectivity index (χ3n) is 12.6. The number of para-hydroxylation sites is 3. The molecule has 1 aromatic heterocycles. The van der Waals surface area contributed by atoms with E-state index >= 15 is 4.79 Å². The summed E-state index contributed by atoms with van der Waals surface area (Å²) in [6.07, 6.45) is 2.33. The summed E-state index contributed by atoms with van der Waals surface area (Å²) in [5.41, 5.74) is 7.38. The highest BCUT2D eigenvalue weighted by molar-refractivity contribution is 6.22. The van der Waals surface area contributed by atoms with Crippen LogP contribution in [0, 0.1) is 30.6 Å². The van der Waals surface area contributed by atoms with Crippen LogP contribution in [0.15, 0.2) is 137 Å². The molecule has 3 fully saturated rings. The minimum Gasteiger partial charge on any atom is -0.504 e. The Morgan fingerprint density at radius 2 is 1.55 bits per heavy atom. The summed E-state index contributed by atoms with van der Waals surface area (Å²) in [6, 6.07) is 36.2. The number of aromatic nitrogens is 1. The molecule has 4 amide bonds. The number of benzene rings is 5. The number of oxazole rings is 1. The van der Waals surface area contributed by atoms with Crippen molar-refractivity contribution in [2.24, 2.45) is 23.7 Å². The number of phenols is 1. The molecule has 6 atom stereocenters. The first-order valence-corrected chi connectivity index (χ1v) is 19.4. The number of hydrogen-bond acceptors (Lipinski definition) is 9. The van der Waals surface area contributed by atoms with E-state index in [0.717, 1.165) is 21.7 Å². The van der Waals surface area contributed by atoms with Gasteiger partial charge in [0.2, 0.25) is 17.7 Å². The van der Waals surface area contributed by atoms with E-state index in [1.165, 1.54) is 12.0 Å². The molecule has 2 saturated heterocycles. The number of imide groups is 2. The van der Waals surface area contributed by atoms with Gasteiger partial charge in [-0.3, -0.25) is 29.5 Å². The molecule has 0 bridgehead atoms. The molecule has 58 heavy (non-hydrogen) atoms. The van der Waals surface area contributed by atoms with Crippen molar-refractivity contribution < 1.29 is 33.4 Å². The van der Waals surface area contributed by atoms with Crippen molar-refractivity contribution in [3.05, 3.63) is 150 Å². The minimum atomic E-state index is -1.53. The number of amides is 4. The van der Waals surface area contributed by atoms with Crippen LogP contribution in [0.5, 0.6) is 11.5 Å². The van der Waals surface area contributed by atoms with Crippen LogP contribution >= 0.6 is 0 Å². The van der Waals surface area contributed by atoms with Crippen LogP contribution in [0.3, 0.4) is 0 Å². The molecule has 11 heteroatoms. The predicted octanol–water partition coefficient (Wildman–Crippen LogP) is 7.71. The number of anilines is 2. The molecule has 6 aromatic rings. The van der Waals surface area contributed by atoms with Crippen LogP contribution in [0.1, 0.15) is 35.4 Å². The maximum atomic E-state index is 15.4. The van der Waals surface area contributed by atoms with E-state index in [-0.39, 0.29) is 36.2 Å². The lowest BCUT2D eigenvalue weighted by Gasteiger charge is -2.50. The number of hydrogen-bond donors (Lipinski definition) is 2. The second kappa shape index (κ2) is 13.3. The standard InChI is InChI=1S/C47H38N4O7/c1-26-15-19-29(20-16-26)49-51-44(54)35-25-34-31(40(33-11-8-14-38(57-2)41(33)52)47(35,46(51)56)28-9-4-3-5-10-28)23-24-32-39(34)45(55)50(43(32)53)30-21-17-27(18-22-30)42-48-36-12-6-7-13-37(36)58-42/h3-23,32,34-35,39-40,49,52H,24-25H2,1-2H3/t32-,34+,35-,39-,40+,47+/m0/s1. The van der Waals surface area contributed by atoms with Gasteiger partial charge in [0.1, 0.15) is 5.52 Å². The number of carbonyl (C=O) groups excluding carboxylic acids is 4. The van der Waals surface area contributed by atoms with Crippen molar-refractivity contribution in [3.63, 3.8) is 0 Å². The van der Waals surface area contributed by atoms with E-state index in [2.05, 4.69) is 10.4 Å². The Morgan fingerprint density at radius 3 is 2.29 bits per heavy atom. The lowest BCUT2D eigenvalue weighted by molar-refractivity contribution is -0.138. The normalized spacial score (nSPS) is 25.1. The number of ether oxygens (including phenoxy) is 1. The molecule has 1 saturated carbocycles. The molecule has 288 valence electrons. The molecular formula is C47H38N4O7. The fraction of sp³-hybridized carbons (Fsp3) is 0.213. The van der Waals surface area contributed by atoms with Gasteiger partial charge in [-0.1, -0.05) is 83.9 Å². The maximum Gasteiger partial charge on any atom is 0.260 e. The van der Waals surface area contributed by atoms with Gasteiger partial charge in [0.25, 0.3) is 11.8 Å². The number of carbonyl (C=O) groups is 4. The number of aryl methyl sites for hydroxylation is 1. The van der Waals surface area contributed by atoms with Crippen molar-refractivity contribution in [1.82, 2.24) is 9.99 Å². The van der Waals surface area contributed by atoms with Crippen molar-refractivity contribution >= 4 is 46.1 Å². The van der Waals surface area contributed by atoms with E-state index in [4.69, 9.17) is 9.15 Å². The number of aromatic hydroxyl groups is 1. The Kier molecular flexibility index (Phi) is 8.12. The van der Waals surface area contributed by atoms with Crippen LogP contribution < -0.4 is 15.1 Å². The number of methoxy groups -OCH3 is 1. The van der Waals surface area contributed by atoms with Gasteiger partial charge in [0, 0.05) is 17.0 Å². The molecule has 4 aliphatic rings. The van der Waals surface area contributed by atoms with Gasteiger partial charge in [-0.05, 0) is 85.8 Å². The second-order valence-corrected chi connectivity index (χ2v) is 15.5. The Hall–Kier alpha value is -7.01. The van der Waals surface area contributed by atoms with Crippen LogP contribution in [-0.2, 0) is 24.6 Å². The van der Waals surface area contributed by atoms with Gasteiger partial charge in [0.05, 0.1) is 41.7 Å². The smallest absolute Gasteiger partial charge is 0.260 e. The van der Waals surface area contributed by atoms with E-state index < -0.39 is 46.8 Å². The monoisotopic (exact) mass is 770 g/mol. The van der Waals surface area contributed by atoms with Crippen LogP contribution in [0.2, 0.25) is 0 Å². The number of phenolic OH excluding ortho intramolecular Hbond substituents is 1. The first-order chi connectivity index (χ1) is 28.2. The van der Waals surface area contributed by atoms with E-state index in [1.54, 1.807) is 42.5 Å². The molecule has 2 aliphatic carbocycles. The minimum absolute atomic E-state index is 0.128. The first kappa shape index (κ1) is 35.4. The average molecular weight is 771 g/mol. The summed E-state index contributed by atoms with van der Waals surface area (Å²) in [6.45, 7) is 1.95. The largest absolute Gasteiger partial charge is 0.504 e. The topological polar surface area (TPSA) is 142 Å². The van der Waals surface area contributed by atoms with E-state index in [0.29, 0.717) is 39.5 Å². The number of fused-ring (bicyclic) bond motifs is 5. The fourth-order valence-electron chi connectivity index (χ4n) is 10.0. The van der Waals surface area contributed by atoms with Crippen molar-refractivity contribution in [3.8, 4) is 23.0 Å². The zero-order chi connectivity index (χ0) is 39.9. The molecule has 2 N–H and O–H groups in total. The maximum absolute atomic E-state index is 15.4. The summed E-state index contributed by atoms with van der Waals surface area (Å²) in [7, 11) is 1.46. The van der Waals surface area contributed by atoms with Gasteiger partial charge in [-0.15, -0.1) is 0 Å². The highest BCUT2D eigenvalue weighted by Crippen LogP contribution is 2.65. The highest BCUT2D eigenvalue weighted by atomic mass is 16.5. The molecule has 5 aromatic carbocycles. The lowest BCUT2D eigenvalue weighted by atomic mass is 9.49. The van der Waals surface area contributed by atoms with E-state index in [9.17, 15) is 19.5 Å². The summed E-state index contributed by atoms with van der Waals surface area (Å²) >= 11 is 0. The summed E-state index contributed by atoms with van der Waals surface area (Å²) < 4.78 is 11.5. The quantitative estimate of drug-likeness (QED) is 0.123. The second-order valence-electron chi connectivity index (χ2n) is 15.5. The lowest BCUT2D eigenvalue weighted by Crippen LogP contribution is -2.53. The number of hydrazine groups is 1. The first-order valence-electron chi connectivity index (χ1n) is 19.4. The Bertz CT molecular complexity index is 2660. The molecular weight excluding hydrogens is 733 g/mol. The summed E-state index contributed by atoms with van der Waals surface area (Å²) in [5.74, 6) is -5.11. The van der Waals surface area contributed by atoms with Crippen molar-refractivity contribution in [1.29, 1.82) is 0 Å². The fourth-order valence-corrected chi connectivity index (χ4v) is 10.0. The molecule has 3 heterocycles. The Morgan fingerprint density at radius 1 is 0.810 bits per heavy atom. The molecule has 0 spiro atoms. The molecule has 10 rings (SSSR count). The Balaban J connectivity index is 1.08. The summed E-state index contributed by atoms with van der Waals surface area (Å²) in [4.78, 5) is 65.3. The number of rotatable bonds is 7. The van der Waals surface area contributed by atoms with Crippen LogP contribution in [-0.4, -0.2) is 45.8 Å². The zero-order valence-corrected chi connectivity index (χ0v) is 31.7. The van der Waals surface area contributed by atoms with E-state index in [1.807, 2.05) is 91.9 Å². The molecule has 0 radical (unpaired) electrons. The number of nitrogens with one attached hydrogen (secondary N) is 1. The van der Waals surface area contributed by atoms with Gasteiger partial charge < -0.3 is 14.3 Å². The number of allylic oxidation sites excluding steroid dienone is 2. The van der Waals surface area contributed by atoms with Gasteiger partial charge in [-0.25, -0.2) is 4.98 Å². The van der Waals surface area contributed by atoms with Gasteiger partial charge in [-0.2, -0.15) is 5.01 Å². The number of nitrogens with zero attached hydrogens (tertiary/aromatic N) is 3. The third kappa shape index (κ3) is 5.08. The predicted molar refractivity (Wildman–Crippen MR) is 215 cm³/mol. The van der Waals surface area contributed by atoms with Crippen molar-refractivity contribution in [2.45, 2.75) is 31.1 Å². The zero-order valence-electron chi connectivity index (χ0n) is 31.7. The summed E-state index contributed by atoms with van der Waals surface area (Å²) in [5, 5.41) is 13.0. The SMILES string of the molecule is COc1cccc([C@H]2C3=CC[C@@H]4C(=O)N(c5ccc(-c6nc7ccccc7o6)cc5)C(=O)[C@@H]4[C@@H]3C[C@H]3C(=O)N(Nc4ccc(C)cc4)C(=O)[C@@]23c2ccccc2)c1O. The van der Waals surface area contributed by atoms with Crippen LogP contribution in [0.25, 0.3) is 22.6 Å². The van der Waals surface area contributed by atoms with Crippen LogP contribution in [0.4, 0.5) is 11.4 Å². The third-order valence-corrected chi connectivity index (χ3v) is 12.6. The highest BCUT2D eigenvalue weighted by Gasteiger charge is 2.70. The molecule has 11 nitrogen and oxygen atoms in total. The van der Waals surface area contributed by atoms with Crippen molar-refractivity contribution in [2.75, 3.05) is 17.4 Å².